The second-order valence-electron chi connectivity index (χ2n) is 8.29. The third kappa shape index (κ3) is 6.66. The summed E-state index contributed by atoms with van der Waals surface area (Å²) in [6.07, 6.45) is 0.266. The van der Waals surface area contributed by atoms with Crippen LogP contribution in [0.15, 0.2) is 60.7 Å². The van der Waals surface area contributed by atoms with Gasteiger partial charge in [-0.3, -0.25) is 4.72 Å². The smallest absolute Gasteiger partial charge is 0.341 e. The fraction of sp³-hybridized carbons (Fsp3) is 0.240. The minimum absolute atomic E-state index is 0.277. The van der Waals surface area contributed by atoms with Crippen molar-refractivity contribution >= 4 is 43.5 Å². The molecule has 1 heterocycles. The average molecular weight is 514 g/mol. The first kappa shape index (κ1) is 25.3. The molecule has 190 valence electrons. The molecule has 10 nitrogen and oxygen atoms in total. The van der Waals surface area contributed by atoms with E-state index in [1.54, 1.807) is 36.4 Å². The summed E-state index contributed by atoms with van der Waals surface area (Å²) < 4.78 is 36.3. The van der Waals surface area contributed by atoms with Crippen LogP contribution in [-0.2, 0) is 14.8 Å². The van der Waals surface area contributed by atoms with Crippen molar-refractivity contribution in [2.45, 2.75) is 6.10 Å². The van der Waals surface area contributed by atoms with Gasteiger partial charge in [0.2, 0.25) is 10.0 Å². The lowest BCUT2D eigenvalue weighted by molar-refractivity contribution is -0.139. The molecule has 0 bridgehead atoms. The van der Waals surface area contributed by atoms with Crippen LogP contribution in [-0.4, -0.2) is 62.1 Å². The van der Waals surface area contributed by atoms with Crippen molar-refractivity contribution < 1.29 is 32.9 Å². The zero-order valence-corrected chi connectivity index (χ0v) is 20.3. The van der Waals surface area contributed by atoms with Gasteiger partial charge < -0.3 is 30.0 Å². The summed E-state index contributed by atoms with van der Waals surface area (Å²) in [6.45, 7) is 0.745. The Balaban J connectivity index is 1.29. The van der Waals surface area contributed by atoms with Crippen LogP contribution in [0.1, 0.15) is 11.7 Å². The number of rotatable bonds is 12. The van der Waals surface area contributed by atoms with Crippen LogP contribution in [0, 0.1) is 0 Å². The Labute approximate surface area is 207 Å². The van der Waals surface area contributed by atoms with Crippen molar-refractivity contribution in [1.29, 1.82) is 0 Å². The summed E-state index contributed by atoms with van der Waals surface area (Å²) in [4.78, 5) is 14.0. The number of aromatic nitrogens is 1. The molecule has 11 heteroatoms. The first-order valence-electron chi connectivity index (χ1n) is 11.2. The van der Waals surface area contributed by atoms with Crippen LogP contribution in [0.3, 0.4) is 0 Å². The summed E-state index contributed by atoms with van der Waals surface area (Å²) in [5.74, 6) is 0.117. The van der Waals surface area contributed by atoms with Gasteiger partial charge in [-0.1, -0.05) is 12.1 Å². The summed E-state index contributed by atoms with van der Waals surface area (Å²) in [7, 11) is -3.39. The number of hydrogen-bond donors (Lipinski definition) is 5. The van der Waals surface area contributed by atoms with E-state index in [2.05, 4.69) is 15.0 Å². The van der Waals surface area contributed by atoms with Crippen molar-refractivity contribution in [3.05, 3.63) is 66.2 Å². The number of aromatic amines is 1. The minimum atomic E-state index is -3.39. The average Bonchev–Trinajstić information content (AvgIpc) is 3.18. The second-order valence-corrected chi connectivity index (χ2v) is 10.0. The Morgan fingerprint density at radius 3 is 2.31 bits per heavy atom. The molecule has 4 aromatic rings. The molecule has 0 amide bonds. The monoisotopic (exact) mass is 513 g/mol. The highest BCUT2D eigenvalue weighted by atomic mass is 32.2. The van der Waals surface area contributed by atoms with Gasteiger partial charge in [-0.25, -0.2) is 13.2 Å². The molecule has 1 aromatic heterocycles. The molecule has 0 saturated carbocycles. The van der Waals surface area contributed by atoms with Gasteiger partial charge in [-0.05, 0) is 42.0 Å². The maximum Gasteiger partial charge on any atom is 0.341 e. The van der Waals surface area contributed by atoms with Crippen molar-refractivity contribution in [3.63, 3.8) is 0 Å². The number of aliphatic hydroxyl groups excluding tert-OH is 1. The summed E-state index contributed by atoms with van der Waals surface area (Å²) in [5.41, 5.74) is 2.70. The van der Waals surface area contributed by atoms with Crippen molar-refractivity contribution in [2.75, 3.05) is 37.3 Å². The Hall–Kier alpha value is -3.80. The summed E-state index contributed by atoms with van der Waals surface area (Å²) in [6, 6.07) is 17.7. The fourth-order valence-corrected chi connectivity index (χ4v) is 4.37. The Kier molecular flexibility index (Phi) is 7.63. The van der Waals surface area contributed by atoms with Gasteiger partial charge in [0.1, 0.15) is 18.1 Å². The number of aliphatic hydroxyl groups is 1. The molecule has 4 rings (SSSR count). The number of carboxylic acid groups (broad SMARTS) is 1. The van der Waals surface area contributed by atoms with Crippen molar-refractivity contribution in [3.8, 4) is 11.5 Å². The van der Waals surface area contributed by atoms with Crippen LogP contribution >= 0.6 is 0 Å². The molecule has 0 fully saturated rings. The molecule has 0 saturated heterocycles. The highest BCUT2D eigenvalue weighted by Gasteiger charge is 2.10. The number of aliphatic carboxylic acids is 1. The van der Waals surface area contributed by atoms with E-state index >= 15 is 0 Å². The molecule has 1 unspecified atom stereocenters. The number of benzene rings is 3. The maximum atomic E-state index is 11.4. The number of nitrogens with one attached hydrogen (secondary N) is 3. The zero-order chi connectivity index (χ0) is 25.7. The van der Waals surface area contributed by atoms with E-state index in [0.717, 1.165) is 28.1 Å². The van der Waals surface area contributed by atoms with Gasteiger partial charge in [0.15, 0.2) is 6.61 Å². The number of hydrogen-bond acceptors (Lipinski definition) is 7. The topological polar surface area (TPSA) is 150 Å². The lowest BCUT2D eigenvalue weighted by Crippen LogP contribution is -2.26. The van der Waals surface area contributed by atoms with E-state index in [1.165, 1.54) is 0 Å². The molecule has 36 heavy (non-hydrogen) atoms. The second kappa shape index (κ2) is 10.9. The maximum absolute atomic E-state index is 11.4. The number of sulfonamides is 1. The van der Waals surface area contributed by atoms with E-state index < -0.39 is 28.7 Å². The van der Waals surface area contributed by atoms with Gasteiger partial charge in [0.25, 0.3) is 0 Å². The zero-order valence-electron chi connectivity index (χ0n) is 19.5. The van der Waals surface area contributed by atoms with Crippen molar-refractivity contribution in [2.24, 2.45) is 0 Å². The molecule has 0 aliphatic heterocycles. The molecule has 3 aromatic carbocycles. The molecule has 0 radical (unpaired) electrons. The molecular weight excluding hydrogens is 486 g/mol. The number of carbonyl (C=O) groups is 1. The molecule has 5 N–H and O–H groups in total. The SMILES string of the molecule is CS(=O)(=O)Nc1cccc(C(O)CNCCOc2ccc3c(c2)[nH]c2cc(OCC(=O)O)ccc23)c1. The van der Waals surface area contributed by atoms with Crippen LogP contribution in [0.5, 0.6) is 11.5 Å². The van der Waals surface area contributed by atoms with Crippen LogP contribution < -0.4 is 19.5 Å². The minimum Gasteiger partial charge on any atom is -0.492 e. The standard InChI is InChI=1S/C25H27N3O7S/c1-36(32,33)28-17-4-2-3-16(11-17)24(29)14-26-9-10-34-18-5-7-20-21-8-6-19(35-15-25(30)31)13-23(21)27-22(20)12-18/h2-8,11-13,24,26-29H,9-10,14-15H2,1H3,(H,30,31). The van der Waals surface area contributed by atoms with Gasteiger partial charge in [0.05, 0.1) is 23.4 Å². The number of ether oxygens (including phenoxy) is 2. The van der Waals surface area contributed by atoms with Crippen LogP contribution in [0.2, 0.25) is 0 Å². The van der Waals surface area contributed by atoms with Crippen molar-refractivity contribution in [1.82, 2.24) is 10.3 Å². The predicted octanol–water partition coefficient (Wildman–Crippen LogP) is 2.86. The largest absolute Gasteiger partial charge is 0.492 e. The third-order valence-corrected chi connectivity index (χ3v) is 5.97. The normalized spacial score (nSPS) is 12.5. The number of carboxylic acids is 1. The first-order valence-corrected chi connectivity index (χ1v) is 13.1. The molecule has 0 spiro atoms. The van der Waals surface area contributed by atoms with Crippen LogP contribution in [0.4, 0.5) is 5.69 Å². The van der Waals surface area contributed by atoms with E-state index in [0.29, 0.717) is 35.9 Å². The van der Waals surface area contributed by atoms with E-state index in [4.69, 9.17) is 14.6 Å². The summed E-state index contributed by atoms with van der Waals surface area (Å²) >= 11 is 0. The molecular formula is C25H27N3O7S. The van der Waals surface area contributed by atoms with Gasteiger partial charge in [-0.15, -0.1) is 0 Å². The number of H-pyrrole nitrogens is 1. The Morgan fingerprint density at radius 1 is 1.00 bits per heavy atom. The van der Waals surface area contributed by atoms with E-state index in [-0.39, 0.29) is 6.54 Å². The summed E-state index contributed by atoms with van der Waals surface area (Å²) in [5, 5.41) is 24.3. The predicted molar refractivity (Wildman–Crippen MR) is 137 cm³/mol. The van der Waals surface area contributed by atoms with E-state index in [1.807, 2.05) is 24.3 Å². The molecule has 1 atom stereocenters. The molecule has 0 aliphatic rings. The highest BCUT2D eigenvalue weighted by Crippen LogP contribution is 2.30. The van der Waals surface area contributed by atoms with Gasteiger partial charge in [-0.2, -0.15) is 0 Å². The Morgan fingerprint density at radius 2 is 1.67 bits per heavy atom. The van der Waals surface area contributed by atoms with Crippen LogP contribution in [0.25, 0.3) is 21.8 Å². The van der Waals surface area contributed by atoms with Gasteiger partial charge in [0, 0.05) is 41.7 Å². The fourth-order valence-electron chi connectivity index (χ4n) is 3.81. The number of anilines is 1. The third-order valence-electron chi connectivity index (χ3n) is 5.36. The first-order chi connectivity index (χ1) is 17.2. The lowest BCUT2D eigenvalue weighted by atomic mass is 10.1. The number of fused-ring (bicyclic) bond motifs is 3. The quantitative estimate of drug-likeness (QED) is 0.182. The highest BCUT2D eigenvalue weighted by molar-refractivity contribution is 7.92. The Bertz CT molecular complexity index is 1480. The van der Waals surface area contributed by atoms with E-state index in [9.17, 15) is 18.3 Å². The lowest BCUT2D eigenvalue weighted by Gasteiger charge is -2.14. The molecule has 0 aliphatic carbocycles. The van der Waals surface area contributed by atoms with Gasteiger partial charge >= 0.3 is 5.97 Å².